The van der Waals surface area contributed by atoms with E-state index < -0.39 is 23.9 Å². The van der Waals surface area contributed by atoms with Gasteiger partial charge in [-0.05, 0) is 19.7 Å². The maximum atomic E-state index is 10.9. The van der Waals surface area contributed by atoms with Crippen LogP contribution in [0.1, 0.15) is 11.6 Å². The van der Waals surface area contributed by atoms with Crippen LogP contribution < -0.4 is 10.2 Å². The van der Waals surface area contributed by atoms with Crippen LogP contribution in [0.2, 0.25) is 0 Å². The van der Waals surface area contributed by atoms with Gasteiger partial charge in [0.2, 0.25) is 0 Å². The number of hydrogen-bond donors (Lipinski definition) is 0. The van der Waals surface area contributed by atoms with Gasteiger partial charge in [0.25, 0.3) is 0 Å². The number of hydrogen-bond acceptors (Lipinski definition) is 5. The zero-order valence-electron chi connectivity index (χ0n) is 9.62. The molecule has 1 rings (SSSR count). The average Bonchev–Trinajstić information content (AvgIpc) is 2.25. The molecule has 0 aliphatic carbocycles. The second-order valence-electron chi connectivity index (χ2n) is 3.93. The molecule has 0 heterocycles. The normalized spacial score (nSPS) is 12.7. The fourth-order valence-corrected chi connectivity index (χ4v) is 1.79. The molecule has 0 aliphatic rings. The predicted octanol–water partition coefficient (Wildman–Crippen LogP) is -1.59. The molecule has 0 spiro atoms. The first-order chi connectivity index (χ1) is 7.95. The minimum atomic E-state index is -1.70. The summed E-state index contributed by atoms with van der Waals surface area (Å²) >= 11 is 0. The summed E-state index contributed by atoms with van der Waals surface area (Å²) < 4.78 is 0. The molecule has 92 valence electrons. The highest BCUT2D eigenvalue weighted by molar-refractivity contribution is 5.91. The van der Waals surface area contributed by atoms with Crippen LogP contribution >= 0.6 is 0 Å². The third-order valence-corrected chi connectivity index (χ3v) is 2.52. The Morgan fingerprint density at radius 1 is 1.06 bits per heavy atom. The van der Waals surface area contributed by atoms with Crippen molar-refractivity contribution < 1.29 is 19.8 Å². The summed E-state index contributed by atoms with van der Waals surface area (Å²) in [5.41, 5.74) is 0.593. The number of nitrogens with zero attached hydrogens (tertiary/aromatic N) is 1. The van der Waals surface area contributed by atoms with Gasteiger partial charge >= 0.3 is 0 Å². The molecule has 1 unspecified atom stereocenters. The van der Waals surface area contributed by atoms with Crippen LogP contribution in [0, 0.1) is 5.92 Å². The Bertz CT molecular complexity index is 388. The van der Waals surface area contributed by atoms with Crippen molar-refractivity contribution >= 4 is 11.9 Å². The molecule has 1 aromatic carbocycles. The lowest BCUT2D eigenvalue weighted by molar-refractivity contribution is -0.334. The van der Waals surface area contributed by atoms with Crippen molar-refractivity contribution in [3.05, 3.63) is 35.9 Å². The molecule has 0 saturated carbocycles. The van der Waals surface area contributed by atoms with E-state index in [4.69, 9.17) is 0 Å². The summed E-state index contributed by atoms with van der Waals surface area (Å²) in [5.74, 6) is -4.99. The quantitative estimate of drug-likeness (QED) is 0.574. The van der Waals surface area contributed by atoms with E-state index in [2.05, 4.69) is 0 Å². The molecule has 0 aromatic heterocycles. The van der Waals surface area contributed by atoms with Crippen LogP contribution in [0.3, 0.4) is 0 Å². The lowest BCUT2D eigenvalue weighted by atomic mass is 9.92. The molecule has 0 bridgehead atoms. The Morgan fingerprint density at radius 2 is 1.53 bits per heavy atom. The Labute approximate surface area is 99.3 Å². The van der Waals surface area contributed by atoms with Crippen LogP contribution in [0.4, 0.5) is 0 Å². The number of carbonyl (C=O) groups excluding carboxylic acids is 2. The molecule has 0 saturated heterocycles. The maximum absolute atomic E-state index is 10.9. The number of benzene rings is 1. The highest BCUT2D eigenvalue weighted by Crippen LogP contribution is 2.26. The molecule has 0 fully saturated rings. The fourth-order valence-electron chi connectivity index (χ4n) is 1.79. The first-order valence-corrected chi connectivity index (χ1v) is 5.08. The van der Waals surface area contributed by atoms with E-state index in [0.29, 0.717) is 5.56 Å². The molecule has 17 heavy (non-hydrogen) atoms. The predicted molar refractivity (Wildman–Crippen MR) is 56.4 cm³/mol. The first-order valence-electron chi connectivity index (χ1n) is 5.08. The molecule has 1 atom stereocenters. The Hall–Kier alpha value is -1.88. The number of carbonyl (C=O) groups is 2. The summed E-state index contributed by atoms with van der Waals surface area (Å²) in [6.45, 7) is 0. The lowest BCUT2D eigenvalue weighted by Crippen LogP contribution is -2.49. The molecular formula is C12H13NO4-2. The number of carboxylic acid groups (broad SMARTS) is 2. The molecule has 0 radical (unpaired) electrons. The third-order valence-electron chi connectivity index (χ3n) is 2.52. The summed E-state index contributed by atoms with van der Waals surface area (Å²) in [6, 6.07) is 7.73. The van der Waals surface area contributed by atoms with Gasteiger partial charge in [0, 0.05) is 6.04 Å². The van der Waals surface area contributed by atoms with Crippen molar-refractivity contribution in [2.45, 2.75) is 6.04 Å². The smallest absolute Gasteiger partial charge is 0.0579 e. The number of carboxylic acids is 2. The molecular weight excluding hydrogens is 222 g/mol. The second kappa shape index (κ2) is 5.45. The van der Waals surface area contributed by atoms with Gasteiger partial charge in [-0.15, -0.1) is 0 Å². The van der Waals surface area contributed by atoms with Crippen LogP contribution in [-0.4, -0.2) is 30.9 Å². The summed E-state index contributed by atoms with van der Waals surface area (Å²) in [6.07, 6.45) is 0. The van der Waals surface area contributed by atoms with Gasteiger partial charge in [-0.2, -0.15) is 0 Å². The van der Waals surface area contributed by atoms with E-state index in [9.17, 15) is 19.8 Å². The number of aliphatic carboxylic acids is 2. The van der Waals surface area contributed by atoms with E-state index in [-0.39, 0.29) is 0 Å². The van der Waals surface area contributed by atoms with Crippen LogP contribution in [0.15, 0.2) is 30.3 Å². The zero-order valence-corrected chi connectivity index (χ0v) is 9.62. The monoisotopic (exact) mass is 235 g/mol. The van der Waals surface area contributed by atoms with Crippen LogP contribution in [0.25, 0.3) is 0 Å². The van der Waals surface area contributed by atoms with Gasteiger partial charge in [-0.3, -0.25) is 0 Å². The molecule has 1 aromatic rings. The van der Waals surface area contributed by atoms with E-state index in [0.717, 1.165) is 0 Å². The molecule has 0 N–H and O–H groups in total. The van der Waals surface area contributed by atoms with Gasteiger partial charge in [-0.25, -0.2) is 0 Å². The highest BCUT2D eigenvalue weighted by atomic mass is 16.4. The molecule has 5 heteroatoms. The summed E-state index contributed by atoms with van der Waals surface area (Å²) in [7, 11) is 3.22. The van der Waals surface area contributed by atoms with E-state index in [1.165, 1.54) is 4.90 Å². The topological polar surface area (TPSA) is 83.5 Å². The van der Waals surface area contributed by atoms with Crippen molar-refractivity contribution in [3.8, 4) is 0 Å². The SMILES string of the molecule is CN(C)C(c1ccccc1)C(C(=O)[O-])C(=O)[O-]. The van der Waals surface area contributed by atoms with Gasteiger partial charge < -0.3 is 24.7 Å². The Balaban J connectivity index is 3.17. The first kappa shape index (κ1) is 13.2. The maximum Gasteiger partial charge on any atom is 0.0579 e. The van der Waals surface area contributed by atoms with Crippen LogP contribution in [0.5, 0.6) is 0 Å². The summed E-state index contributed by atoms with van der Waals surface area (Å²) in [4.78, 5) is 23.3. The van der Waals surface area contributed by atoms with Crippen LogP contribution in [-0.2, 0) is 9.59 Å². The standard InChI is InChI=1S/C12H15NO4/c1-13(2)10(8-6-4-3-5-7-8)9(11(14)15)12(16)17/h3-7,9-10H,1-2H3,(H,14,15)(H,16,17)/p-2. The van der Waals surface area contributed by atoms with Gasteiger partial charge in [0.1, 0.15) is 0 Å². The van der Waals surface area contributed by atoms with Crippen molar-refractivity contribution in [2.24, 2.45) is 5.92 Å². The van der Waals surface area contributed by atoms with Gasteiger partial charge in [0.15, 0.2) is 0 Å². The molecule has 5 nitrogen and oxygen atoms in total. The van der Waals surface area contributed by atoms with Crippen molar-refractivity contribution in [1.29, 1.82) is 0 Å². The largest absolute Gasteiger partial charge is 0.549 e. The summed E-state index contributed by atoms with van der Waals surface area (Å²) in [5, 5.41) is 21.8. The molecule has 0 amide bonds. The van der Waals surface area contributed by atoms with Crippen molar-refractivity contribution in [1.82, 2.24) is 4.90 Å². The number of rotatable bonds is 5. The van der Waals surface area contributed by atoms with E-state index >= 15 is 0 Å². The minimum Gasteiger partial charge on any atom is -0.549 e. The minimum absolute atomic E-state index is 0.593. The third kappa shape index (κ3) is 3.04. The zero-order chi connectivity index (χ0) is 13.0. The van der Waals surface area contributed by atoms with E-state index in [1.807, 2.05) is 0 Å². The Kier molecular flexibility index (Phi) is 4.23. The lowest BCUT2D eigenvalue weighted by Gasteiger charge is -2.33. The fraction of sp³-hybridized carbons (Fsp3) is 0.333. The van der Waals surface area contributed by atoms with Gasteiger partial charge in [-0.1, -0.05) is 30.3 Å². The molecule has 0 aliphatic heterocycles. The van der Waals surface area contributed by atoms with E-state index in [1.54, 1.807) is 44.4 Å². The highest BCUT2D eigenvalue weighted by Gasteiger charge is 2.27. The van der Waals surface area contributed by atoms with Crippen molar-refractivity contribution in [2.75, 3.05) is 14.1 Å². The second-order valence-corrected chi connectivity index (χ2v) is 3.93. The van der Waals surface area contributed by atoms with Crippen molar-refractivity contribution in [3.63, 3.8) is 0 Å². The van der Waals surface area contributed by atoms with Gasteiger partial charge in [0.05, 0.1) is 17.9 Å². The Morgan fingerprint density at radius 3 is 1.88 bits per heavy atom. The average molecular weight is 235 g/mol.